The number of alkyl halides is 5. The Labute approximate surface area is 167 Å². The maximum absolute atomic E-state index is 14.8. The van der Waals surface area contributed by atoms with Crippen LogP contribution in [0.2, 0.25) is 0 Å². The molecule has 30 heavy (non-hydrogen) atoms. The Bertz CT molecular complexity index is 1050. The molecule has 1 aliphatic carbocycles. The van der Waals surface area contributed by atoms with Crippen molar-refractivity contribution in [1.29, 1.82) is 0 Å². The SMILES string of the molecule is C[C@@]1(F)CC(F)(F)[C@]2(Cc3ccc(NC(=O)c4cnc(C(F)F)nc4)cc32)N=C1N. The molecular formula is C19H16F5N5O. The fourth-order valence-electron chi connectivity index (χ4n) is 3.71. The van der Waals surface area contributed by atoms with Crippen molar-refractivity contribution < 1.29 is 26.7 Å². The molecule has 2 atom stereocenters. The van der Waals surface area contributed by atoms with Crippen molar-refractivity contribution in [2.45, 2.75) is 43.3 Å². The first-order chi connectivity index (χ1) is 13.9. The summed E-state index contributed by atoms with van der Waals surface area (Å²) in [5, 5.41) is 2.48. The highest BCUT2D eigenvalue weighted by Crippen LogP contribution is 2.57. The normalized spacial score (nSPS) is 26.7. The van der Waals surface area contributed by atoms with Gasteiger partial charge in [0.25, 0.3) is 18.3 Å². The smallest absolute Gasteiger partial charge is 0.297 e. The third-order valence-corrected chi connectivity index (χ3v) is 5.39. The van der Waals surface area contributed by atoms with Crippen LogP contribution in [-0.2, 0) is 12.0 Å². The van der Waals surface area contributed by atoms with Crippen LogP contribution in [0, 0.1) is 0 Å². The zero-order valence-electron chi connectivity index (χ0n) is 15.6. The number of rotatable bonds is 3. The number of fused-ring (bicyclic) bond motifs is 2. The fourth-order valence-corrected chi connectivity index (χ4v) is 3.71. The van der Waals surface area contributed by atoms with E-state index in [2.05, 4.69) is 20.3 Å². The van der Waals surface area contributed by atoms with Gasteiger partial charge in [0.05, 0.1) is 12.0 Å². The van der Waals surface area contributed by atoms with Crippen LogP contribution in [-0.4, -0.2) is 33.3 Å². The summed E-state index contributed by atoms with van der Waals surface area (Å²) in [5.41, 5.74) is 2.02. The van der Waals surface area contributed by atoms with Gasteiger partial charge in [0.2, 0.25) is 0 Å². The predicted molar refractivity (Wildman–Crippen MR) is 97.5 cm³/mol. The van der Waals surface area contributed by atoms with E-state index >= 15 is 0 Å². The number of hydrogen-bond acceptors (Lipinski definition) is 5. The van der Waals surface area contributed by atoms with Crippen molar-refractivity contribution in [2.24, 2.45) is 10.7 Å². The van der Waals surface area contributed by atoms with Gasteiger partial charge < -0.3 is 11.1 Å². The summed E-state index contributed by atoms with van der Waals surface area (Å²) in [5.74, 6) is -5.40. The van der Waals surface area contributed by atoms with Crippen molar-refractivity contribution >= 4 is 17.4 Å². The van der Waals surface area contributed by atoms with Gasteiger partial charge in [-0.1, -0.05) is 6.07 Å². The molecule has 3 N–H and O–H groups in total. The minimum atomic E-state index is -3.48. The van der Waals surface area contributed by atoms with Crippen LogP contribution in [0.4, 0.5) is 27.6 Å². The van der Waals surface area contributed by atoms with E-state index in [0.29, 0.717) is 5.56 Å². The standard InChI is InChI=1S/C19H16F5N5O/c1-17(22)8-19(23,24)18(29-16(17)25)5-9-2-3-11(4-12(9)18)28-15(30)10-6-26-14(13(20)21)27-7-10/h2-4,6-7,13H,5,8H2,1H3,(H2,25,29)(H,28,30)/t17-,18-/m1/s1. The maximum atomic E-state index is 14.8. The first kappa shape index (κ1) is 20.2. The van der Waals surface area contributed by atoms with Crippen LogP contribution in [0.1, 0.15) is 47.1 Å². The van der Waals surface area contributed by atoms with E-state index in [-0.39, 0.29) is 23.2 Å². The molecule has 1 aromatic heterocycles. The highest BCUT2D eigenvalue weighted by atomic mass is 19.3. The number of aliphatic imine (C=N–C) groups is 1. The zero-order chi connectivity index (χ0) is 21.9. The van der Waals surface area contributed by atoms with Crippen LogP contribution in [0.3, 0.4) is 0 Å². The number of halogens is 5. The zero-order valence-corrected chi connectivity index (χ0v) is 15.6. The molecule has 1 amide bonds. The van der Waals surface area contributed by atoms with Crippen LogP contribution < -0.4 is 11.1 Å². The summed E-state index contributed by atoms with van der Waals surface area (Å²) in [6.07, 6.45) is -2.20. The van der Waals surface area contributed by atoms with E-state index in [4.69, 9.17) is 5.73 Å². The average molecular weight is 425 g/mol. The monoisotopic (exact) mass is 425 g/mol. The largest absolute Gasteiger partial charge is 0.385 e. The van der Waals surface area contributed by atoms with Gasteiger partial charge in [0, 0.05) is 24.5 Å². The molecule has 0 bridgehead atoms. The summed E-state index contributed by atoms with van der Waals surface area (Å²) >= 11 is 0. The predicted octanol–water partition coefficient (Wildman–Crippen LogP) is 3.54. The number of hydrogen-bond donors (Lipinski definition) is 2. The first-order valence-corrected chi connectivity index (χ1v) is 8.93. The van der Waals surface area contributed by atoms with Gasteiger partial charge >= 0.3 is 0 Å². The average Bonchev–Trinajstić information content (AvgIpc) is 2.65. The van der Waals surface area contributed by atoms with E-state index in [0.717, 1.165) is 19.3 Å². The van der Waals surface area contributed by atoms with Crippen molar-refractivity contribution in [2.75, 3.05) is 5.32 Å². The van der Waals surface area contributed by atoms with Crippen LogP contribution in [0.5, 0.6) is 0 Å². The summed E-state index contributed by atoms with van der Waals surface area (Å²) in [6.45, 7) is 0.963. The van der Waals surface area contributed by atoms with Crippen LogP contribution in [0.15, 0.2) is 35.6 Å². The number of carbonyl (C=O) groups is 1. The number of amidine groups is 1. The minimum absolute atomic E-state index is 0.0877. The second-order valence-electron chi connectivity index (χ2n) is 7.57. The van der Waals surface area contributed by atoms with Gasteiger partial charge in [0.1, 0.15) is 5.84 Å². The number of nitrogens with two attached hydrogens (primary N) is 1. The van der Waals surface area contributed by atoms with Gasteiger partial charge in [-0.25, -0.2) is 31.9 Å². The lowest BCUT2D eigenvalue weighted by atomic mass is 9.63. The van der Waals surface area contributed by atoms with Crippen molar-refractivity contribution in [3.63, 3.8) is 0 Å². The maximum Gasteiger partial charge on any atom is 0.297 e. The van der Waals surface area contributed by atoms with Crippen LogP contribution >= 0.6 is 0 Å². The number of anilines is 1. The number of benzene rings is 1. The molecule has 4 rings (SSSR count). The molecule has 1 spiro atoms. The molecule has 0 saturated heterocycles. The second-order valence-corrected chi connectivity index (χ2v) is 7.57. The summed E-state index contributed by atoms with van der Waals surface area (Å²) in [4.78, 5) is 23.0. The number of carbonyl (C=O) groups excluding carboxylic acids is 1. The quantitative estimate of drug-likeness (QED) is 0.736. The van der Waals surface area contributed by atoms with Crippen molar-refractivity contribution in [1.82, 2.24) is 9.97 Å². The van der Waals surface area contributed by atoms with E-state index in [1.54, 1.807) is 6.07 Å². The number of nitrogens with one attached hydrogen (secondary N) is 1. The molecule has 0 radical (unpaired) electrons. The topological polar surface area (TPSA) is 93.3 Å². The molecule has 6 nitrogen and oxygen atoms in total. The number of amides is 1. The minimum Gasteiger partial charge on any atom is -0.385 e. The van der Waals surface area contributed by atoms with E-state index < -0.39 is 47.5 Å². The Morgan fingerprint density at radius 2 is 1.87 bits per heavy atom. The molecule has 1 aliphatic heterocycles. The van der Waals surface area contributed by atoms with Gasteiger partial charge in [-0.2, -0.15) is 0 Å². The van der Waals surface area contributed by atoms with Gasteiger partial charge in [-0.05, 0) is 30.2 Å². The number of nitrogens with zero attached hydrogens (tertiary/aromatic N) is 3. The molecule has 2 aromatic rings. The summed E-state index contributed by atoms with van der Waals surface area (Å²) in [6, 6.07) is 4.39. The van der Waals surface area contributed by atoms with E-state index in [1.165, 1.54) is 12.1 Å². The lowest BCUT2D eigenvalue weighted by Gasteiger charge is -2.50. The Balaban J connectivity index is 1.62. The molecule has 0 fully saturated rings. The Morgan fingerprint density at radius 3 is 2.50 bits per heavy atom. The fraction of sp³-hybridized carbons (Fsp3) is 0.368. The van der Waals surface area contributed by atoms with Gasteiger partial charge in [-0.15, -0.1) is 0 Å². The molecule has 1 aromatic carbocycles. The third kappa shape index (κ3) is 2.99. The van der Waals surface area contributed by atoms with Gasteiger partial charge in [0.15, 0.2) is 17.0 Å². The number of aromatic nitrogens is 2. The first-order valence-electron chi connectivity index (χ1n) is 8.93. The second kappa shape index (κ2) is 6.44. The lowest BCUT2D eigenvalue weighted by Crippen LogP contribution is -2.61. The molecule has 158 valence electrons. The van der Waals surface area contributed by atoms with E-state index in [9.17, 15) is 26.7 Å². The van der Waals surface area contributed by atoms with Gasteiger partial charge in [-0.3, -0.25) is 9.79 Å². The highest BCUT2D eigenvalue weighted by molar-refractivity contribution is 6.04. The van der Waals surface area contributed by atoms with Crippen molar-refractivity contribution in [3.05, 3.63) is 53.1 Å². The Hall–Kier alpha value is -3.11. The molecular weight excluding hydrogens is 409 g/mol. The van der Waals surface area contributed by atoms with Crippen LogP contribution in [0.25, 0.3) is 0 Å². The van der Waals surface area contributed by atoms with E-state index in [1.807, 2.05) is 0 Å². The lowest BCUT2D eigenvalue weighted by molar-refractivity contribution is -0.120. The summed E-state index contributed by atoms with van der Waals surface area (Å²) < 4.78 is 69.0. The molecule has 0 saturated carbocycles. The Kier molecular flexibility index (Phi) is 4.33. The van der Waals surface area contributed by atoms with Crippen molar-refractivity contribution in [3.8, 4) is 0 Å². The molecule has 0 unspecified atom stereocenters. The molecule has 2 aliphatic rings. The Morgan fingerprint density at radius 1 is 1.20 bits per heavy atom. The highest BCUT2D eigenvalue weighted by Gasteiger charge is 2.66. The summed E-state index contributed by atoms with van der Waals surface area (Å²) in [7, 11) is 0. The third-order valence-electron chi connectivity index (χ3n) is 5.39. The molecule has 11 heteroatoms. The molecule has 2 heterocycles.